The molecule has 0 aromatic heterocycles. The predicted octanol–water partition coefficient (Wildman–Crippen LogP) is 3.71. The van der Waals surface area contributed by atoms with Crippen molar-refractivity contribution < 1.29 is 32.2 Å². The first-order valence-corrected chi connectivity index (χ1v) is 12.1. The van der Waals surface area contributed by atoms with Gasteiger partial charge in [0.15, 0.2) is 0 Å². The van der Waals surface area contributed by atoms with E-state index >= 15 is 0 Å². The lowest BCUT2D eigenvalue weighted by Crippen LogP contribution is -2.38. The molecule has 3 rings (SSSR count). The van der Waals surface area contributed by atoms with Crippen LogP contribution in [0.1, 0.15) is 17.3 Å². The lowest BCUT2D eigenvalue weighted by atomic mass is 10.2. The summed E-state index contributed by atoms with van der Waals surface area (Å²) in [5.74, 6) is -0.618. The summed E-state index contributed by atoms with van der Waals surface area (Å²) >= 11 is 0. The van der Waals surface area contributed by atoms with Gasteiger partial charge in [-0.2, -0.15) is 0 Å². The van der Waals surface area contributed by atoms with Crippen LogP contribution >= 0.6 is 0 Å². The number of hydrogen-bond acceptors (Lipinski definition) is 7. The number of rotatable bonds is 10. The van der Waals surface area contributed by atoms with Gasteiger partial charge in [-0.1, -0.05) is 30.3 Å². The van der Waals surface area contributed by atoms with Crippen LogP contribution in [0.3, 0.4) is 0 Å². The molecule has 0 saturated carbocycles. The molecule has 0 fully saturated rings. The fourth-order valence-corrected chi connectivity index (χ4v) is 4.76. The maximum absolute atomic E-state index is 13.6. The van der Waals surface area contributed by atoms with Crippen LogP contribution < -0.4 is 19.1 Å². The molecular formula is C25H26N2O7S. The molecule has 1 N–H and O–H groups in total. The number of para-hydroxylation sites is 1. The van der Waals surface area contributed by atoms with Gasteiger partial charge in [0.05, 0.1) is 42.7 Å². The molecule has 0 aliphatic heterocycles. The Bertz CT molecular complexity index is 1290. The van der Waals surface area contributed by atoms with E-state index in [1.165, 1.54) is 50.6 Å². The second-order valence-corrected chi connectivity index (χ2v) is 9.04. The molecule has 35 heavy (non-hydrogen) atoms. The Balaban J connectivity index is 2.01. The number of carbonyl (C=O) groups excluding carboxylic acids is 2. The van der Waals surface area contributed by atoms with Crippen molar-refractivity contribution in [2.75, 3.05) is 37.0 Å². The van der Waals surface area contributed by atoms with Gasteiger partial charge in [-0.3, -0.25) is 9.10 Å². The second-order valence-electron chi connectivity index (χ2n) is 7.18. The van der Waals surface area contributed by atoms with Crippen LogP contribution in [0.25, 0.3) is 0 Å². The monoisotopic (exact) mass is 498 g/mol. The van der Waals surface area contributed by atoms with E-state index in [2.05, 4.69) is 5.32 Å². The van der Waals surface area contributed by atoms with Crippen molar-refractivity contribution >= 4 is 33.3 Å². The molecule has 0 heterocycles. The number of carbonyl (C=O) groups is 2. The fraction of sp³-hybridized carbons (Fsp3) is 0.200. The first-order chi connectivity index (χ1) is 16.8. The van der Waals surface area contributed by atoms with E-state index in [-0.39, 0.29) is 34.2 Å². The van der Waals surface area contributed by atoms with Crippen molar-refractivity contribution in [3.63, 3.8) is 0 Å². The predicted molar refractivity (Wildman–Crippen MR) is 132 cm³/mol. The minimum atomic E-state index is -4.17. The number of methoxy groups -OCH3 is 2. The van der Waals surface area contributed by atoms with Gasteiger partial charge in [0.1, 0.15) is 18.0 Å². The van der Waals surface area contributed by atoms with Gasteiger partial charge in [0.2, 0.25) is 5.91 Å². The molecule has 0 aliphatic rings. The molecule has 0 unspecified atom stereocenters. The summed E-state index contributed by atoms with van der Waals surface area (Å²) in [7, 11) is -1.30. The summed E-state index contributed by atoms with van der Waals surface area (Å²) in [6, 6.07) is 18.7. The number of esters is 1. The average Bonchev–Trinajstić information content (AvgIpc) is 2.87. The average molecular weight is 499 g/mol. The van der Waals surface area contributed by atoms with Crippen LogP contribution in [0.15, 0.2) is 77.7 Å². The smallest absolute Gasteiger partial charge is 0.340 e. The van der Waals surface area contributed by atoms with E-state index < -0.39 is 28.4 Å². The number of sulfonamides is 1. The molecule has 0 atom stereocenters. The van der Waals surface area contributed by atoms with Crippen molar-refractivity contribution in [2.24, 2.45) is 0 Å². The molecule has 184 valence electrons. The highest BCUT2D eigenvalue weighted by atomic mass is 32.2. The zero-order chi connectivity index (χ0) is 25.4. The van der Waals surface area contributed by atoms with Crippen molar-refractivity contribution in [3.8, 4) is 11.5 Å². The largest absolute Gasteiger partial charge is 0.497 e. The quantitative estimate of drug-likeness (QED) is 0.424. The number of hydrogen-bond donors (Lipinski definition) is 1. The normalized spacial score (nSPS) is 10.8. The summed E-state index contributed by atoms with van der Waals surface area (Å²) in [6.07, 6.45) is 0. The number of nitrogens with one attached hydrogen (secondary N) is 1. The summed E-state index contributed by atoms with van der Waals surface area (Å²) in [4.78, 5) is 25.4. The third-order valence-corrected chi connectivity index (χ3v) is 6.74. The zero-order valence-electron chi connectivity index (χ0n) is 19.6. The fourth-order valence-electron chi connectivity index (χ4n) is 3.31. The Morgan fingerprint density at radius 2 is 1.60 bits per heavy atom. The van der Waals surface area contributed by atoms with E-state index in [9.17, 15) is 18.0 Å². The van der Waals surface area contributed by atoms with Crippen molar-refractivity contribution in [1.29, 1.82) is 0 Å². The number of ether oxygens (including phenoxy) is 3. The zero-order valence-corrected chi connectivity index (χ0v) is 20.4. The Morgan fingerprint density at radius 3 is 2.26 bits per heavy atom. The molecule has 0 bridgehead atoms. The van der Waals surface area contributed by atoms with Gasteiger partial charge < -0.3 is 19.5 Å². The topological polar surface area (TPSA) is 111 Å². The number of nitrogens with zero attached hydrogens (tertiary/aromatic N) is 1. The molecule has 9 nitrogen and oxygen atoms in total. The third kappa shape index (κ3) is 5.90. The van der Waals surface area contributed by atoms with Gasteiger partial charge in [-0.25, -0.2) is 13.2 Å². The SMILES string of the molecule is CCOC(=O)c1ccccc1NC(=O)CN(c1ccc(OC)cc1OC)S(=O)(=O)c1ccccc1. The van der Waals surface area contributed by atoms with E-state index in [1.54, 1.807) is 43.3 Å². The molecule has 10 heteroatoms. The molecule has 3 aromatic rings. The van der Waals surface area contributed by atoms with Gasteiger partial charge in [-0.05, 0) is 43.3 Å². The van der Waals surface area contributed by atoms with Crippen LogP contribution in [-0.4, -0.2) is 47.7 Å². The Kier molecular flexibility index (Phi) is 8.32. The molecule has 0 saturated heterocycles. The molecule has 0 aliphatic carbocycles. The van der Waals surface area contributed by atoms with Crippen molar-refractivity contribution in [1.82, 2.24) is 0 Å². The molecule has 0 spiro atoms. The van der Waals surface area contributed by atoms with E-state index in [0.717, 1.165) is 4.31 Å². The standard InChI is InChI=1S/C25H26N2O7S/c1-4-34-25(29)20-12-8-9-13-21(20)26-24(28)17-27(35(30,31)19-10-6-5-7-11-19)22-15-14-18(32-2)16-23(22)33-3/h5-16H,4,17H2,1-3H3,(H,26,28). The highest BCUT2D eigenvalue weighted by molar-refractivity contribution is 7.92. The maximum atomic E-state index is 13.6. The van der Waals surface area contributed by atoms with Gasteiger partial charge >= 0.3 is 5.97 Å². The van der Waals surface area contributed by atoms with Gasteiger partial charge in [-0.15, -0.1) is 0 Å². The molecule has 1 amide bonds. The van der Waals surface area contributed by atoms with Gasteiger partial charge in [0, 0.05) is 6.07 Å². The minimum absolute atomic E-state index is 0.00223. The lowest BCUT2D eigenvalue weighted by Gasteiger charge is -2.26. The summed E-state index contributed by atoms with van der Waals surface area (Å²) in [5.41, 5.74) is 0.503. The Labute approximate surface area is 204 Å². The number of amides is 1. The van der Waals surface area contributed by atoms with E-state index in [0.29, 0.717) is 5.75 Å². The van der Waals surface area contributed by atoms with Gasteiger partial charge in [0.25, 0.3) is 10.0 Å². The van der Waals surface area contributed by atoms with E-state index in [1.807, 2.05) is 0 Å². The summed E-state index contributed by atoms with van der Waals surface area (Å²) in [5, 5.41) is 2.62. The summed E-state index contributed by atoms with van der Waals surface area (Å²) < 4.78 is 43.8. The first kappa shape index (κ1) is 25.6. The second kappa shape index (κ2) is 11.4. The van der Waals surface area contributed by atoms with Crippen molar-refractivity contribution in [3.05, 3.63) is 78.4 Å². The molecule has 0 radical (unpaired) electrons. The summed E-state index contributed by atoms with van der Waals surface area (Å²) in [6.45, 7) is 1.26. The maximum Gasteiger partial charge on any atom is 0.340 e. The lowest BCUT2D eigenvalue weighted by molar-refractivity contribution is -0.114. The van der Waals surface area contributed by atoms with Crippen LogP contribution in [0.4, 0.5) is 11.4 Å². The van der Waals surface area contributed by atoms with Crippen LogP contribution in [0, 0.1) is 0 Å². The number of anilines is 2. The molecule has 3 aromatic carbocycles. The highest BCUT2D eigenvalue weighted by Crippen LogP contribution is 2.35. The van der Waals surface area contributed by atoms with Crippen LogP contribution in [0.2, 0.25) is 0 Å². The highest BCUT2D eigenvalue weighted by Gasteiger charge is 2.30. The third-order valence-electron chi connectivity index (χ3n) is 4.97. The van der Waals surface area contributed by atoms with Crippen LogP contribution in [-0.2, 0) is 19.6 Å². The first-order valence-electron chi connectivity index (χ1n) is 10.7. The minimum Gasteiger partial charge on any atom is -0.497 e. The molecular weight excluding hydrogens is 472 g/mol. The van der Waals surface area contributed by atoms with E-state index in [4.69, 9.17) is 14.2 Å². The van der Waals surface area contributed by atoms with Crippen LogP contribution in [0.5, 0.6) is 11.5 Å². The Morgan fingerprint density at radius 1 is 0.914 bits per heavy atom. The van der Waals surface area contributed by atoms with Crippen molar-refractivity contribution in [2.45, 2.75) is 11.8 Å². The number of benzene rings is 3. The Hall–Kier alpha value is -4.05.